The molecular formula is C27H32N2O5. The van der Waals surface area contributed by atoms with E-state index in [1.165, 1.54) is 0 Å². The van der Waals surface area contributed by atoms with Gasteiger partial charge in [-0.15, -0.1) is 0 Å². The van der Waals surface area contributed by atoms with E-state index in [1.807, 2.05) is 38.1 Å². The van der Waals surface area contributed by atoms with E-state index < -0.39 is 23.9 Å². The number of hydrogen-bond acceptors (Lipinski definition) is 4. The van der Waals surface area contributed by atoms with Crippen LogP contribution >= 0.6 is 0 Å². The van der Waals surface area contributed by atoms with Gasteiger partial charge in [-0.25, -0.2) is 4.79 Å². The van der Waals surface area contributed by atoms with Crippen LogP contribution in [-0.2, 0) is 14.3 Å². The highest BCUT2D eigenvalue weighted by Crippen LogP contribution is 2.44. The predicted octanol–water partition coefficient (Wildman–Crippen LogP) is 4.17. The highest BCUT2D eigenvalue weighted by Gasteiger charge is 2.36. The number of amides is 2. The number of rotatable bonds is 8. The zero-order valence-electron chi connectivity index (χ0n) is 19.6. The summed E-state index contributed by atoms with van der Waals surface area (Å²) in [5, 5.41) is 15.0. The van der Waals surface area contributed by atoms with Crippen LogP contribution in [0.4, 0.5) is 4.79 Å². The first-order chi connectivity index (χ1) is 16.4. The van der Waals surface area contributed by atoms with Gasteiger partial charge < -0.3 is 20.5 Å². The quantitative estimate of drug-likeness (QED) is 0.544. The molecule has 2 aliphatic carbocycles. The summed E-state index contributed by atoms with van der Waals surface area (Å²) in [6.45, 7) is 4.16. The summed E-state index contributed by atoms with van der Waals surface area (Å²) < 4.78 is 5.57. The van der Waals surface area contributed by atoms with E-state index in [1.54, 1.807) is 0 Å². The Morgan fingerprint density at radius 3 is 2.21 bits per heavy atom. The van der Waals surface area contributed by atoms with Gasteiger partial charge in [-0.2, -0.15) is 0 Å². The molecule has 3 atom stereocenters. The van der Waals surface area contributed by atoms with Gasteiger partial charge in [-0.05, 0) is 41.0 Å². The molecule has 1 fully saturated rings. The van der Waals surface area contributed by atoms with Crippen molar-refractivity contribution in [1.82, 2.24) is 10.6 Å². The largest absolute Gasteiger partial charge is 0.481 e. The van der Waals surface area contributed by atoms with Crippen molar-refractivity contribution in [3.05, 3.63) is 59.7 Å². The molecule has 7 heteroatoms. The minimum atomic E-state index is -0.874. The van der Waals surface area contributed by atoms with E-state index in [-0.39, 0.29) is 36.9 Å². The van der Waals surface area contributed by atoms with Gasteiger partial charge in [0, 0.05) is 18.5 Å². The maximum Gasteiger partial charge on any atom is 0.407 e. The zero-order chi connectivity index (χ0) is 24.2. The fourth-order valence-corrected chi connectivity index (χ4v) is 5.19. The molecule has 0 aromatic heterocycles. The van der Waals surface area contributed by atoms with Crippen molar-refractivity contribution in [3.8, 4) is 11.1 Å². The van der Waals surface area contributed by atoms with Crippen LogP contribution in [0.1, 0.15) is 50.2 Å². The summed E-state index contributed by atoms with van der Waals surface area (Å²) in [6, 6.07) is 15.9. The third-order valence-electron chi connectivity index (χ3n) is 7.11. The Morgan fingerprint density at radius 1 is 1.00 bits per heavy atom. The Morgan fingerprint density at radius 2 is 1.62 bits per heavy atom. The van der Waals surface area contributed by atoms with Crippen molar-refractivity contribution in [3.63, 3.8) is 0 Å². The van der Waals surface area contributed by atoms with Crippen LogP contribution in [0.2, 0.25) is 0 Å². The zero-order valence-corrected chi connectivity index (χ0v) is 19.6. The van der Waals surface area contributed by atoms with E-state index >= 15 is 0 Å². The second-order valence-electron chi connectivity index (χ2n) is 9.55. The lowest BCUT2D eigenvalue weighted by atomic mass is 9.93. The highest BCUT2D eigenvalue weighted by molar-refractivity contribution is 5.82. The Hall–Kier alpha value is -3.35. The molecule has 3 N–H and O–H groups in total. The van der Waals surface area contributed by atoms with Crippen molar-refractivity contribution < 1.29 is 24.2 Å². The molecule has 2 amide bonds. The lowest BCUT2D eigenvalue weighted by molar-refractivity contribution is -0.142. The average molecular weight is 465 g/mol. The normalized spacial score (nSPS) is 19.9. The molecule has 34 heavy (non-hydrogen) atoms. The molecule has 2 aromatic carbocycles. The van der Waals surface area contributed by atoms with Crippen LogP contribution in [-0.4, -0.2) is 42.3 Å². The van der Waals surface area contributed by atoms with Crippen LogP contribution in [0.25, 0.3) is 11.1 Å². The molecule has 7 nitrogen and oxygen atoms in total. The number of ether oxygens (including phenoxy) is 1. The van der Waals surface area contributed by atoms with Gasteiger partial charge in [0.05, 0.1) is 11.8 Å². The SMILES string of the molecule is CC(C)C(CNC(=O)OCC1c2ccccc2-c2ccccc21)C(=O)N[C@@H]1CCC[C@@H]1C(=O)O. The monoisotopic (exact) mass is 464 g/mol. The maximum absolute atomic E-state index is 12.9. The van der Waals surface area contributed by atoms with Crippen LogP contribution < -0.4 is 10.6 Å². The summed E-state index contributed by atoms with van der Waals surface area (Å²) in [7, 11) is 0. The third-order valence-corrected chi connectivity index (χ3v) is 7.11. The standard InChI is InChI=1S/C27H32N2O5/c1-16(2)22(25(30)29-24-13-7-12-21(24)26(31)32)14-28-27(33)34-15-23-19-10-5-3-8-17(19)18-9-4-6-11-20(18)23/h3-6,8-11,16,21-24H,7,12-15H2,1-2H3,(H,28,33)(H,29,30)(H,31,32)/t21-,22?,24+/m0/s1. The van der Waals surface area contributed by atoms with Crippen LogP contribution in [0, 0.1) is 17.8 Å². The van der Waals surface area contributed by atoms with Gasteiger partial charge >= 0.3 is 12.1 Å². The third kappa shape index (κ3) is 4.93. The van der Waals surface area contributed by atoms with E-state index in [0.717, 1.165) is 28.7 Å². The number of carbonyl (C=O) groups excluding carboxylic acids is 2. The Labute approximate surface area is 199 Å². The smallest absolute Gasteiger partial charge is 0.407 e. The molecule has 0 spiro atoms. The second kappa shape index (κ2) is 10.3. The summed E-state index contributed by atoms with van der Waals surface area (Å²) in [5.74, 6) is -2.19. The number of carbonyl (C=O) groups is 3. The van der Waals surface area contributed by atoms with Gasteiger partial charge in [-0.1, -0.05) is 68.8 Å². The first kappa shape index (κ1) is 23.8. The lowest BCUT2D eigenvalue weighted by Gasteiger charge is -2.25. The summed E-state index contributed by atoms with van der Waals surface area (Å²) in [6.07, 6.45) is 1.45. The van der Waals surface area contributed by atoms with Crippen molar-refractivity contribution in [2.45, 2.75) is 45.1 Å². The summed E-state index contributed by atoms with van der Waals surface area (Å²) in [4.78, 5) is 36.8. The molecule has 0 radical (unpaired) electrons. The number of carboxylic acids is 1. The van der Waals surface area contributed by atoms with Crippen molar-refractivity contribution in [2.24, 2.45) is 17.8 Å². The number of hydrogen-bond donors (Lipinski definition) is 3. The Kier molecular flexibility index (Phi) is 7.20. The van der Waals surface area contributed by atoms with E-state index in [9.17, 15) is 19.5 Å². The predicted molar refractivity (Wildman–Crippen MR) is 128 cm³/mol. The minimum Gasteiger partial charge on any atom is -0.481 e. The van der Waals surface area contributed by atoms with Gasteiger partial charge in [0.25, 0.3) is 0 Å². The van der Waals surface area contributed by atoms with Crippen molar-refractivity contribution in [2.75, 3.05) is 13.2 Å². The highest BCUT2D eigenvalue weighted by atomic mass is 16.5. The second-order valence-corrected chi connectivity index (χ2v) is 9.55. The van der Waals surface area contributed by atoms with Crippen molar-refractivity contribution in [1.29, 1.82) is 0 Å². The Balaban J connectivity index is 1.33. The fourth-order valence-electron chi connectivity index (χ4n) is 5.19. The first-order valence-corrected chi connectivity index (χ1v) is 12.0. The summed E-state index contributed by atoms with van der Waals surface area (Å²) in [5.41, 5.74) is 4.60. The Bertz CT molecular complexity index is 1020. The fraction of sp³-hybridized carbons (Fsp3) is 0.444. The molecule has 2 aliphatic rings. The molecule has 1 unspecified atom stereocenters. The molecule has 0 bridgehead atoms. The van der Waals surface area contributed by atoms with Crippen molar-refractivity contribution >= 4 is 18.0 Å². The number of aliphatic carboxylic acids is 1. The summed E-state index contributed by atoms with van der Waals surface area (Å²) >= 11 is 0. The number of fused-ring (bicyclic) bond motifs is 3. The topological polar surface area (TPSA) is 105 Å². The molecule has 180 valence electrons. The average Bonchev–Trinajstić information content (AvgIpc) is 3.40. The van der Waals surface area contributed by atoms with Gasteiger partial charge in [0.1, 0.15) is 6.61 Å². The van der Waals surface area contributed by atoms with E-state index in [2.05, 4.69) is 34.9 Å². The number of alkyl carbamates (subject to hydrolysis) is 1. The number of benzene rings is 2. The van der Waals surface area contributed by atoms with E-state index in [4.69, 9.17) is 4.74 Å². The molecule has 2 aromatic rings. The van der Waals surface area contributed by atoms with Crippen LogP contribution in [0.15, 0.2) is 48.5 Å². The molecule has 0 saturated heterocycles. The minimum absolute atomic E-state index is 0.0291. The molecule has 4 rings (SSSR count). The van der Waals surface area contributed by atoms with Gasteiger partial charge in [-0.3, -0.25) is 9.59 Å². The lowest BCUT2D eigenvalue weighted by Crippen LogP contribution is -2.47. The van der Waals surface area contributed by atoms with Crippen LogP contribution in [0.5, 0.6) is 0 Å². The molecule has 0 heterocycles. The van der Waals surface area contributed by atoms with E-state index in [0.29, 0.717) is 12.8 Å². The van der Waals surface area contributed by atoms with Gasteiger partial charge in [0.15, 0.2) is 0 Å². The molecule has 1 saturated carbocycles. The number of carboxylic acid groups (broad SMARTS) is 1. The van der Waals surface area contributed by atoms with Gasteiger partial charge in [0.2, 0.25) is 5.91 Å². The number of nitrogens with one attached hydrogen (secondary N) is 2. The van der Waals surface area contributed by atoms with Crippen LogP contribution in [0.3, 0.4) is 0 Å². The molecule has 0 aliphatic heterocycles. The maximum atomic E-state index is 12.9. The molecular weight excluding hydrogens is 432 g/mol. The first-order valence-electron chi connectivity index (χ1n) is 12.0.